The fourth-order valence-electron chi connectivity index (χ4n) is 3.48. The highest BCUT2D eigenvalue weighted by Gasteiger charge is 2.13. The van der Waals surface area contributed by atoms with Gasteiger partial charge in [0.2, 0.25) is 0 Å². The molecule has 0 aromatic heterocycles. The number of hydrazone groups is 1. The molecule has 2 aromatic carbocycles. The molecule has 5 heteroatoms. The number of nitrogens with one attached hydrogen (secondary N) is 2. The van der Waals surface area contributed by atoms with Crippen molar-refractivity contribution in [2.75, 3.05) is 6.61 Å². The van der Waals surface area contributed by atoms with Crippen LogP contribution in [0.15, 0.2) is 41.5 Å². The second-order valence-electron chi connectivity index (χ2n) is 7.08. The number of thiocarbonyl (C=S) groups is 1. The number of nitrogens with zero attached hydrogens (tertiary/aromatic N) is 1. The third-order valence-electron chi connectivity index (χ3n) is 4.99. The van der Waals surface area contributed by atoms with Gasteiger partial charge in [0, 0.05) is 11.6 Å². The van der Waals surface area contributed by atoms with E-state index in [1.165, 1.54) is 37.5 Å². The second kappa shape index (κ2) is 10.3. The van der Waals surface area contributed by atoms with Crippen molar-refractivity contribution in [3.05, 3.63) is 42.0 Å². The van der Waals surface area contributed by atoms with Crippen molar-refractivity contribution in [2.45, 2.75) is 57.9 Å². The van der Waals surface area contributed by atoms with Gasteiger partial charge in [-0.25, -0.2) is 0 Å². The highest BCUT2D eigenvalue weighted by atomic mass is 32.1. The maximum atomic E-state index is 6.00. The number of fused-ring (bicyclic) bond motifs is 1. The number of unbranched alkanes of at least 4 members (excludes halogenated alkanes) is 1. The minimum absolute atomic E-state index is 0.472. The largest absolute Gasteiger partial charge is 0.493 e. The Hall–Kier alpha value is -2.14. The van der Waals surface area contributed by atoms with Crippen LogP contribution in [-0.2, 0) is 0 Å². The van der Waals surface area contributed by atoms with Crippen LogP contribution in [0.25, 0.3) is 10.8 Å². The van der Waals surface area contributed by atoms with Gasteiger partial charge in [-0.2, -0.15) is 5.10 Å². The Balaban J connectivity index is 1.70. The summed E-state index contributed by atoms with van der Waals surface area (Å²) in [6, 6.07) is 12.9. The van der Waals surface area contributed by atoms with Gasteiger partial charge in [0.1, 0.15) is 5.75 Å². The van der Waals surface area contributed by atoms with Crippen molar-refractivity contribution in [1.82, 2.24) is 10.7 Å². The third-order valence-corrected chi connectivity index (χ3v) is 5.20. The lowest BCUT2D eigenvalue weighted by molar-refractivity contribution is 0.309. The van der Waals surface area contributed by atoms with Gasteiger partial charge in [-0.05, 0) is 48.3 Å². The zero-order valence-corrected chi connectivity index (χ0v) is 16.9. The Kier molecular flexibility index (Phi) is 7.45. The average molecular weight is 384 g/mol. The van der Waals surface area contributed by atoms with Gasteiger partial charge in [-0.15, -0.1) is 0 Å². The summed E-state index contributed by atoms with van der Waals surface area (Å²) in [7, 11) is 0. The summed E-state index contributed by atoms with van der Waals surface area (Å²) in [5.41, 5.74) is 3.96. The van der Waals surface area contributed by atoms with E-state index in [1.807, 2.05) is 24.4 Å². The summed E-state index contributed by atoms with van der Waals surface area (Å²) in [5, 5.41) is 10.7. The van der Waals surface area contributed by atoms with Crippen LogP contribution in [0.1, 0.15) is 57.4 Å². The van der Waals surface area contributed by atoms with E-state index in [4.69, 9.17) is 17.0 Å². The third kappa shape index (κ3) is 5.67. The van der Waals surface area contributed by atoms with Crippen LogP contribution < -0.4 is 15.5 Å². The van der Waals surface area contributed by atoms with E-state index < -0.39 is 0 Å². The zero-order valence-electron chi connectivity index (χ0n) is 16.0. The van der Waals surface area contributed by atoms with E-state index in [-0.39, 0.29) is 0 Å². The van der Waals surface area contributed by atoms with Crippen molar-refractivity contribution in [2.24, 2.45) is 5.10 Å². The number of benzene rings is 2. The van der Waals surface area contributed by atoms with E-state index in [0.717, 1.165) is 29.5 Å². The van der Waals surface area contributed by atoms with Gasteiger partial charge in [0.05, 0.1) is 12.8 Å². The van der Waals surface area contributed by atoms with Crippen LogP contribution in [0.5, 0.6) is 5.75 Å². The predicted octanol–water partition coefficient (Wildman–Crippen LogP) is 5.15. The van der Waals surface area contributed by atoms with Gasteiger partial charge in [0.25, 0.3) is 0 Å². The maximum absolute atomic E-state index is 6.00. The molecule has 1 aliphatic carbocycles. The van der Waals surface area contributed by atoms with Gasteiger partial charge < -0.3 is 10.1 Å². The van der Waals surface area contributed by atoms with Crippen LogP contribution >= 0.6 is 12.2 Å². The number of rotatable bonds is 7. The molecule has 0 saturated heterocycles. The van der Waals surface area contributed by atoms with Gasteiger partial charge >= 0.3 is 0 Å². The van der Waals surface area contributed by atoms with Crippen molar-refractivity contribution in [3.63, 3.8) is 0 Å². The minimum Gasteiger partial charge on any atom is -0.493 e. The second-order valence-corrected chi connectivity index (χ2v) is 7.49. The molecule has 2 aromatic rings. The molecule has 0 heterocycles. The first-order chi connectivity index (χ1) is 13.3. The first-order valence-corrected chi connectivity index (χ1v) is 10.4. The van der Waals surface area contributed by atoms with Crippen LogP contribution in [0, 0.1) is 0 Å². The monoisotopic (exact) mass is 383 g/mol. The first kappa shape index (κ1) is 19.6. The number of hydrogen-bond donors (Lipinski definition) is 2. The van der Waals surface area contributed by atoms with E-state index in [2.05, 4.69) is 41.0 Å². The molecule has 0 radical (unpaired) electrons. The zero-order chi connectivity index (χ0) is 18.9. The molecule has 0 amide bonds. The molecule has 2 N–H and O–H groups in total. The van der Waals surface area contributed by atoms with E-state index in [1.54, 1.807) is 0 Å². The van der Waals surface area contributed by atoms with E-state index in [9.17, 15) is 0 Å². The van der Waals surface area contributed by atoms with Crippen molar-refractivity contribution in [3.8, 4) is 5.75 Å². The molecule has 3 rings (SSSR count). The van der Waals surface area contributed by atoms with Gasteiger partial charge in [-0.1, -0.05) is 62.9 Å². The summed E-state index contributed by atoms with van der Waals surface area (Å²) < 4.78 is 6.00. The van der Waals surface area contributed by atoms with E-state index >= 15 is 0 Å². The molecule has 0 bridgehead atoms. The highest BCUT2D eigenvalue weighted by molar-refractivity contribution is 7.80. The molecular weight excluding hydrogens is 354 g/mol. The molecular formula is C22H29N3OS. The molecule has 27 heavy (non-hydrogen) atoms. The standard InChI is InChI=1S/C22H29N3OS/c1-2-3-15-26-21-14-13-17-9-7-8-12-19(17)20(21)16-23-25-22(27)24-18-10-5-4-6-11-18/h7-9,12-14,16,18H,2-6,10-11,15H2,1H3,(H2,24,25,27)/b23-16+. The molecule has 0 spiro atoms. The Morgan fingerprint density at radius 3 is 2.81 bits per heavy atom. The molecule has 1 aliphatic rings. The maximum Gasteiger partial charge on any atom is 0.187 e. The van der Waals surface area contributed by atoms with Crippen LogP contribution in [0.3, 0.4) is 0 Å². The smallest absolute Gasteiger partial charge is 0.187 e. The summed E-state index contributed by atoms with van der Waals surface area (Å²) in [4.78, 5) is 0. The highest BCUT2D eigenvalue weighted by Crippen LogP contribution is 2.27. The van der Waals surface area contributed by atoms with Crippen LogP contribution in [0.2, 0.25) is 0 Å². The van der Waals surface area contributed by atoms with Crippen molar-refractivity contribution >= 4 is 34.3 Å². The quantitative estimate of drug-likeness (QED) is 0.300. The average Bonchev–Trinajstić information content (AvgIpc) is 2.70. The lowest BCUT2D eigenvalue weighted by Crippen LogP contribution is -2.40. The Bertz CT molecular complexity index is 784. The SMILES string of the molecule is CCCCOc1ccc2ccccc2c1/C=N/NC(=S)NC1CCCCC1. The fraction of sp³-hybridized carbons (Fsp3) is 0.455. The molecule has 0 aliphatic heterocycles. The fourth-order valence-corrected chi connectivity index (χ4v) is 3.70. The number of hydrogen-bond acceptors (Lipinski definition) is 3. The Morgan fingerprint density at radius 2 is 2.00 bits per heavy atom. The van der Waals surface area contributed by atoms with Crippen molar-refractivity contribution < 1.29 is 4.74 Å². The molecule has 144 valence electrons. The predicted molar refractivity (Wildman–Crippen MR) is 118 cm³/mol. The Morgan fingerprint density at radius 1 is 1.19 bits per heavy atom. The normalized spacial score (nSPS) is 15.1. The molecule has 0 unspecified atom stereocenters. The van der Waals surface area contributed by atoms with Crippen LogP contribution in [0.4, 0.5) is 0 Å². The Labute approximate surface area is 167 Å². The molecule has 4 nitrogen and oxygen atoms in total. The first-order valence-electron chi connectivity index (χ1n) is 10.0. The summed E-state index contributed by atoms with van der Waals surface area (Å²) >= 11 is 5.40. The topological polar surface area (TPSA) is 45.6 Å². The molecule has 1 fully saturated rings. The molecule has 0 atom stereocenters. The number of ether oxygens (including phenoxy) is 1. The summed E-state index contributed by atoms with van der Waals surface area (Å²) in [5.74, 6) is 0.860. The lowest BCUT2D eigenvalue weighted by atomic mass is 9.96. The molecule has 1 saturated carbocycles. The lowest BCUT2D eigenvalue weighted by Gasteiger charge is -2.23. The van der Waals surface area contributed by atoms with Crippen LogP contribution in [-0.4, -0.2) is 24.0 Å². The summed E-state index contributed by atoms with van der Waals surface area (Å²) in [6.45, 7) is 2.88. The minimum atomic E-state index is 0.472. The van der Waals surface area contributed by atoms with E-state index in [0.29, 0.717) is 17.8 Å². The summed E-state index contributed by atoms with van der Waals surface area (Å²) in [6.07, 6.45) is 10.2. The van der Waals surface area contributed by atoms with Crippen molar-refractivity contribution in [1.29, 1.82) is 0 Å². The van der Waals surface area contributed by atoms with Gasteiger partial charge in [0.15, 0.2) is 5.11 Å². The van der Waals surface area contributed by atoms with Gasteiger partial charge in [-0.3, -0.25) is 5.43 Å².